The minimum atomic E-state index is 0.656. The number of rotatable bonds is 3. The van der Waals surface area contributed by atoms with Crippen LogP contribution in [0.5, 0.6) is 0 Å². The molecule has 0 radical (unpaired) electrons. The van der Waals surface area contributed by atoms with Crippen LogP contribution in [-0.4, -0.2) is 41.6 Å². The number of hydrogen-bond donors (Lipinski definition) is 1. The first-order chi connectivity index (χ1) is 8.33. The van der Waals surface area contributed by atoms with Crippen molar-refractivity contribution in [2.75, 3.05) is 24.6 Å². The van der Waals surface area contributed by atoms with Gasteiger partial charge in [-0.05, 0) is 25.7 Å². The zero-order chi connectivity index (χ0) is 12.1. The highest BCUT2D eigenvalue weighted by atomic mass is 32.2. The molecule has 1 saturated carbocycles. The first-order valence-electron chi connectivity index (χ1n) is 7.36. The van der Waals surface area contributed by atoms with Crippen molar-refractivity contribution in [1.82, 2.24) is 4.90 Å². The summed E-state index contributed by atoms with van der Waals surface area (Å²) in [6.07, 6.45) is 8.57. The van der Waals surface area contributed by atoms with E-state index in [1.165, 1.54) is 56.6 Å². The normalized spacial score (nSPS) is 31.1. The molecule has 2 atom stereocenters. The summed E-state index contributed by atoms with van der Waals surface area (Å²) in [5.74, 6) is 3.46. The van der Waals surface area contributed by atoms with Crippen LogP contribution >= 0.6 is 11.8 Å². The summed E-state index contributed by atoms with van der Waals surface area (Å²) in [4.78, 5) is 2.71. The smallest absolute Gasteiger partial charge is 0.0250 e. The molecule has 0 amide bonds. The maximum Gasteiger partial charge on any atom is 0.0250 e. The van der Waals surface area contributed by atoms with Gasteiger partial charge >= 0.3 is 0 Å². The third-order valence-corrected chi connectivity index (χ3v) is 5.72. The summed E-state index contributed by atoms with van der Waals surface area (Å²) in [7, 11) is 0. The fourth-order valence-electron chi connectivity index (χ4n) is 3.53. The Balaban J connectivity index is 1.97. The maximum atomic E-state index is 6.10. The van der Waals surface area contributed by atoms with Gasteiger partial charge in [0, 0.05) is 36.7 Å². The fourth-order valence-corrected chi connectivity index (χ4v) is 4.57. The summed E-state index contributed by atoms with van der Waals surface area (Å²) >= 11 is 2.10. The van der Waals surface area contributed by atoms with E-state index >= 15 is 0 Å². The first-order valence-corrected chi connectivity index (χ1v) is 8.52. The topological polar surface area (TPSA) is 29.3 Å². The minimum absolute atomic E-state index is 0.656. The van der Waals surface area contributed by atoms with Crippen LogP contribution in [-0.2, 0) is 0 Å². The van der Waals surface area contributed by atoms with E-state index in [1.54, 1.807) is 0 Å². The predicted molar refractivity (Wildman–Crippen MR) is 77.5 cm³/mol. The van der Waals surface area contributed by atoms with E-state index in [-0.39, 0.29) is 0 Å². The summed E-state index contributed by atoms with van der Waals surface area (Å²) in [6.45, 7) is 4.50. The highest BCUT2D eigenvalue weighted by Crippen LogP contribution is 2.30. The average molecular weight is 256 g/mol. The van der Waals surface area contributed by atoms with Gasteiger partial charge in [-0.25, -0.2) is 0 Å². The Kier molecular flexibility index (Phi) is 5.64. The quantitative estimate of drug-likeness (QED) is 0.787. The van der Waals surface area contributed by atoms with Crippen molar-refractivity contribution in [3.8, 4) is 0 Å². The van der Waals surface area contributed by atoms with Gasteiger partial charge in [0.15, 0.2) is 0 Å². The molecule has 0 aromatic carbocycles. The molecular formula is C14H28N2S. The van der Waals surface area contributed by atoms with E-state index in [0.717, 1.165) is 18.5 Å². The summed E-state index contributed by atoms with van der Waals surface area (Å²) in [5.41, 5.74) is 6.10. The van der Waals surface area contributed by atoms with Gasteiger partial charge in [0.25, 0.3) is 0 Å². The first kappa shape index (κ1) is 13.7. The molecule has 2 rings (SSSR count). The van der Waals surface area contributed by atoms with Gasteiger partial charge in [0.2, 0.25) is 0 Å². The number of hydrogen-bond acceptors (Lipinski definition) is 3. The Morgan fingerprint density at radius 1 is 1.24 bits per heavy atom. The standard InChI is InChI=1S/C14H28N2S/c1-12-11-17-9-8-16(12)14(10-15)13-6-4-2-3-5-7-13/h12-14H,2-11,15H2,1H3. The second kappa shape index (κ2) is 7.01. The van der Waals surface area contributed by atoms with Crippen LogP contribution in [0.2, 0.25) is 0 Å². The van der Waals surface area contributed by atoms with Crippen molar-refractivity contribution in [1.29, 1.82) is 0 Å². The average Bonchev–Trinajstić information content (AvgIpc) is 2.62. The molecule has 2 aliphatic rings. The third kappa shape index (κ3) is 3.62. The van der Waals surface area contributed by atoms with Crippen molar-refractivity contribution in [3.05, 3.63) is 0 Å². The molecule has 1 aliphatic heterocycles. The van der Waals surface area contributed by atoms with Crippen LogP contribution in [0.4, 0.5) is 0 Å². The molecule has 1 saturated heterocycles. The summed E-state index contributed by atoms with van der Waals surface area (Å²) in [5, 5.41) is 0. The molecule has 0 aromatic rings. The second-order valence-electron chi connectivity index (χ2n) is 5.72. The number of thioether (sulfide) groups is 1. The summed E-state index contributed by atoms with van der Waals surface area (Å²) in [6, 6.07) is 1.38. The highest BCUT2D eigenvalue weighted by Gasteiger charge is 2.31. The molecule has 1 heterocycles. The van der Waals surface area contributed by atoms with Crippen LogP contribution < -0.4 is 5.73 Å². The van der Waals surface area contributed by atoms with Crippen molar-refractivity contribution in [3.63, 3.8) is 0 Å². The molecule has 3 heteroatoms. The highest BCUT2D eigenvalue weighted by molar-refractivity contribution is 7.99. The van der Waals surface area contributed by atoms with Gasteiger partial charge in [0.1, 0.15) is 0 Å². The van der Waals surface area contributed by atoms with Crippen molar-refractivity contribution >= 4 is 11.8 Å². The molecule has 100 valence electrons. The molecule has 17 heavy (non-hydrogen) atoms. The van der Waals surface area contributed by atoms with Crippen LogP contribution in [0.1, 0.15) is 45.4 Å². The van der Waals surface area contributed by atoms with Gasteiger partial charge in [-0.15, -0.1) is 0 Å². The largest absolute Gasteiger partial charge is 0.329 e. The molecule has 0 bridgehead atoms. The number of nitrogens with two attached hydrogens (primary N) is 1. The Morgan fingerprint density at radius 2 is 1.94 bits per heavy atom. The molecule has 2 N–H and O–H groups in total. The monoisotopic (exact) mass is 256 g/mol. The molecule has 0 spiro atoms. The van der Waals surface area contributed by atoms with Crippen molar-refractivity contribution in [2.24, 2.45) is 11.7 Å². The molecule has 2 fully saturated rings. The molecule has 2 unspecified atom stereocenters. The predicted octanol–water partition coefficient (Wildman–Crippen LogP) is 2.72. The molecule has 0 aromatic heterocycles. The Morgan fingerprint density at radius 3 is 2.53 bits per heavy atom. The van der Waals surface area contributed by atoms with E-state index in [4.69, 9.17) is 5.73 Å². The zero-order valence-electron chi connectivity index (χ0n) is 11.2. The van der Waals surface area contributed by atoms with Gasteiger partial charge in [-0.3, -0.25) is 4.90 Å². The lowest BCUT2D eigenvalue weighted by atomic mass is 9.90. The van der Waals surface area contributed by atoms with Crippen molar-refractivity contribution in [2.45, 2.75) is 57.5 Å². The van der Waals surface area contributed by atoms with E-state index in [0.29, 0.717) is 6.04 Å². The zero-order valence-corrected chi connectivity index (χ0v) is 12.1. The van der Waals surface area contributed by atoms with Crippen LogP contribution in [0.15, 0.2) is 0 Å². The van der Waals surface area contributed by atoms with Crippen molar-refractivity contribution < 1.29 is 0 Å². The van der Waals surface area contributed by atoms with Gasteiger partial charge < -0.3 is 5.73 Å². The van der Waals surface area contributed by atoms with E-state index in [2.05, 4.69) is 23.6 Å². The van der Waals surface area contributed by atoms with Crippen LogP contribution in [0, 0.1) is 5.92 Å². The fraction of sp³-hybridized carbons (Fsp3) is 1.00. The summed E-state index contributed by atoms with van der Waals surface area (Å²) < 4.78 is 0. The number of nitrogens with zero attached hydrogens (tertiary/aromatic N) is 1. The lowest BCUT2D eigenvalue weighted by Crippen LogP contribution is -2.53. The van der Waals surface area contributed by atoms with E-state index in [1.807, 2.05) is 0 Å². The second-order valence-corrected chi connectivity index (χ2v) is 6.87. The molecular weight excluding hydrogens is 228 g/mol. The Bertz CT molecular complexity index is 214. The van der Waals surface area contributed by atoms with E-state index in [9.17, 15) is 0 Å². The van der Waals surface area contributed by atoms with Gasteiger partial charge in [0.05, 0.1) is 0 Å². The van der Waals surface area contributed by atoms with Gasteiger partial charge in [-0.2, -0.15) is 11.8 Å². The lowest BCUT2D eigenvalue weighted by molar-refractivity contribution is 0.109. The van der Waals surface area contributed by atoms with Gasteiger partial charge in [-0.1, -0.05) is 25.7 Å². The van der Waals surface area contributed by atoms with Crippen LogP contribution in [0.3, 0.4) is 0 Å². The Hall–Kier alpha value is 0.270. The maximum absolute atomic E-state index is 6.10. The SMILES string of the molecule is CC1CSCCN1C(CN)C1CCCCCC1. The van der Waals surface area contributed by atoms with E-state index < -0.39 is 0 Å². The van der Waals surface area contributed by atoms with Crippen LogP contribution in [0.25, 0.3) is 0 Å². The molecule has 2 nitrogen and oxygen atoms in total. The molecule has 1 aliphatic carbocycles. The Labute approximate surface area is 111 Å². The third-order valence-electron chi connectivity index (χ3n) is 4.53. The lowest BCUT2D eigenvalue weighted by Gasteiger charge is -2.42. The minimum Gasteiger partial charge on any atom is -0.329 e.